The van der Waals surface area contributed by atoms with Crippen LogP contribution in [0.5, 0.6) is 0 Å². The van der Waals surface area contributed by atoms with Gasteiger partial charge in [0.05, 0.1) is 16.8 Å². The van der Waals surface area contributed by atoms with Crippen LogP contribution in [0.2, 0.25) is 5.02 Å². The van der Waals surface area contributed by atoms with E-state index in [9.17, 15) is 9.59 Å². The van der Waals surface area contributed by atoms with Crippen molar-refractivity contribution in [3.05, 3.63) is 59.1 Å². The van der Waals surface area contributed by atoms with Crippen LogP contribution in [0.3, 0.4) is 0 Å². The number of carbonyl (C=O) groups excluding carboxylic acids is 2. The highest BCUT2D eigenvalue weighted by atomic mass is 35.5. The molecule has 2 aromatic carbocycles. The van der Waals surface area contributed by atoms with E-state index in [4.69, 9.17) is 17.3 Å². The second kappa shape index (κ2) is 9.12. The Morgan fingerprint density at radius 3 is 2.68 bits per heavy atom. The van der Waals surface area contributed by atoms with Crippen molar-refractivity contribution in [2.24, 2.45) is 12.8 Å². The molecule has 8 heteroatoms. The number of hydrogen-bond acceptors (Lipinski definition) is 4. The van der Waals surface area contributed by atoms with Gasteiger partial charge < -0.3 is 15.2 Å². The third kappa shape index (κ3) is 5.05. The van der Waals surface area contributed by atoms with Gasteiger partial charge in [-0.2, -0.15) is 0 Å². The van der Waals surface area contributed by atoms with Gasteiger partial charge in [-0.25, -0.2) is 4.98 Å². The Morgan fingerprint density at radius 1 is 1.21 bits per heavy atom. The molecule has 0 unspecified atom stereocenters. The lowest BCUT2D eigenvalue weighted by molar-refractivity contribution is -0.129. The van der Waals surface area contributed by atoms with Gasteiger partial charge in [0.25, 0.3) is 0 Å². The third-order valence-corrected chi connectivity index (χ3v) is 5.57. The Kier molecular flexibility index (Phi) is 6.59. The molecule has 2 amide bonds. The molecular weight excluding hydrogens is 396 g/mol. The van der Waals surface area contributed by atoms with Gasteiger partial charge in [0, 0.05) is 31.6 Å². The first kappa shape index (κ1) is 20.2. The number of nitrogens with two attached hydrogens (primary N) is 1. The quantitative estimate of drug-likeness (QED) is 0.571. The molecule has 0 aliphatic heterocycles. The van der Waals surface area contributed by atoms with E-state index in [1.165, 1.54) is 11.8 Å². The Morgan fingerprint density at radius 2 is 1.96 bits per heavy atom. The van der Waals surface area contributed by atoms with Gasteiger partial charge in [-0.1, -0.05) is 53.7 Å². The molecule has 0 saturated heterocycles. The molecule has 6 nitrogen and oxygen atoms in total. The van der Waals surface area contributed by atoms with Crippen molar-refractivity contribution < 1.29 is 9.59 Å². The van der Waals surface area contributed by atoms with Crippen molar-refractivity contribution in [2.45, 2.75) is 18.1 Å². The van der Waals surface area contributed by atoms with E-state index in [2.05, 4.69) is 4.98 Å². The highest BCUT2D eigenvalue weighted by Gasteiger charge is 2.17. The molecule has 3 rings (SSSR count). The standard InChI is InChI=1S/C20H21ClN4O2S/c1-24-17-8-7-15(21)11-16(17)23-20(24)28-13-19(27)25(10-9-18(22)26)12-14-5-3-2-4-6-14/h2-8,11H,9-10,12-13H2,1H3,(H2,22,26). The number of halogens is 1. The van der Waals surface area contributed by atoms with Crippen LogP contribution in [0.4, 0.5) is 0 Å². The number of aromatic nitrogens is 2. The fraction of sp³-hybridized carbons (Fsp3) is 0.250. The molecule has 0 saturated carbocycles. The van der Waals surface area contributed by atoms with Gasteiger partial charge in [0.2, 0.25) is 11.8 Å². The molecule has 3 aromatic rings. The number of fused-ring (bicyclic) bond motifs is 1. The van der Waals surface area contributed by atoms with E-state index in [1.54, 1.807) is 11.0 Å². The Balaban J connectivity index is 1.70. The molecule has 0 aliphatic rings. The molecule has 146 valence electrons. The summed E-state index contributed by atoms with van der Waals surface area (Å²) in [6.07, 6.45) is 0.133. The summed E-state index contributed by atoms with van der Waals surface area (Å²) in [4.78, 5) is 30.2. The minimum Gasteiger partial charge on any atom is -0.370 e. The van der Waals surface area contributed by atoms with E-state index in [1.807, 2.05) is 54.1 Å². The zero-order valence-electron chi connectivity index (χ0n) is 15.5. The van der Waals surface area contributed by atoms with Crippen LogP contribution in [-0.2, 0) is 23.2 Å². The number of nitrogens with zero attached hydrogens (tertiary/aromatic N) is 3. The maximum Gasteiger partial charge on any atom is 0.233 e. The van der Waals surface area contributed by atoms with Crippen LogP contribution in [0, 0.1) is 0 Å². The van der Waals surface area contributed by atoms with Crippen molar-refractivity contribution >= 4 is 46.2 Å². The number of primary amides is 1. The average molecular weight is 417 g/mol. The van der Waals surface area contributed by atoms with E-state index < -0.39 is 5.91 Å². The monoisotopic (exact) mass is 416 g/mol. The number of amides is 2. The first-order valence-electron chi connectivity index (χ1n) is 8.79. The fourth-order valence-corrected chi connectivity index (χ4v) is 3.89. The summed E-state index contributed by atoms with van der Waals surface area (Å²) in [6.45, 7) is 0.730. The van der Waals surface area contributed by atoms with Gasteiger partial charge in [0.1, 0.15) is 0 Å². The van der Waals surface area contributed by atoms with Crippen molar-refractivity contribution in [3.8, 4) is 0 Å². The number of thioether (sulfide) groups is 1. The normalized spacial score (nSPS) is 10.9. The number of benzene rings is 2. The molecule has 0 fully saturated rings. The molecule has 0 aliphatic carbocycles. The molecular formula is C20H21ClN4O2S. The molecule has 0 atom stereocenters. The lowest BCUT2D eigenvalue weighted by Gasteiger charge is -2.22. The predicted octanol–water partition coefficient (Wildman–Crippen LogP) is 3.22. The highest BCUT2D eigenvalue weighted by Crippen LogP contribution is 2.25. The second-order valence-electron chi connectivity index (χ2n) is 6.39. The largest absolute Gasteiger partial charge is 0.370 e. The molecule has 0 spiro atoms. The summed E-state index contributed by atoms with van der Waals surface area (Å²) in [6, 6.07) is 15.2. The van der Waals surface area contributed by atoms with Crippen LogP contribution in [0.1, 0.15) is 12.0 Å². The van der Waals surface area contributed by atoms with E-state index in [0.29, 0.717) is 18.1 Å². The molecule has 28 heavy (non-hydrogen) atoms. The van der Waals surface area contributed by atoms with E-state index >= 15 is 0 Å². The van der Waals surface area contributed by atoms with Crippen LogP contribution < -0.4 is 5.73 Å². The Labute approximate surface area is 172 Å². The summed E-state index contributed by atoms with van der Waals surface area (Å²) in [5, 5.41) is 1.36. The van der Waals surface area contributed by atoms with Gasteiger partial charge in [-0.05, 0) is 23.8 Å². The van der Waals surface area contributed by atoms with Gasteiger partial charge in [0.15, 0.2) is 5.16 Å². The average Bonchev–Trinajstić information content (AvgIpc) is 2.98. The van der Waals surface area contributed by atoms with Crippen LogP contribution in [0.15, 0.2) is 53.7 Å². The van der Waals surface area contributed by atoms with Crippen LogP contribution in [0.25, 0.3) is 11.0 Å². The highest BCUT2D eigenvalue weighted by molar-refractivity contribution is 7.99. The van der Waals surface area contributed by atoms with E-state index in [-0.39, 0.29) is 18.1 Å². The smallest absolute Gasteiger partial charge is 0.233 e. The Hall–Kier alpha value is -2.51. The number of carbonyl (C=O) groups is 2. The van der Waals surface area contributed by atoms with Gasteiger partial charge >= 0.3 is 0 Å². The summed E-state index contributed by atoms with van der Waals surface area (Å²) in [5.41, 5.74) is 8.02. The fourth-order valence-electron chi connectivity index (χ4n) is 2.84. The van der Waals surface area contributed by atoms with Crippen LogP contribution >= 0.6 is 23.4 Å². The summed E-state index contributed by atoms with van der Waals surface area (Å²) < 4.78 is 1.94. The zero-order valence-corrected chi connectivity index (χ0v) is 17.0. The number of hydrogen-bond donors (Lipinski definition) is 1. The Bertz CT molecular complexity index is 991. The molecule has 1 aromatic heterocycles. The topological polar surface area (TPSA) is 81.2 Å². The summed E-state index contributed by atoms with van der Waals surface area (Å²) in [7, 11) is 1.91. The van der Waals surface area contributed by atoms with E-state index in [0.717, 1.165) is 21.8 Å². The lowest BCUT2D eigenvalue weighted by atomic mass is 10.2. The summed E-state index contributed by atoms with van der Waals surface area (Å²) >= 11 is 7.39. The minimum atomic E-state index is -0.425. The van der Waals surface area contributed by atoms with Crippen molar-refractivity contribution in [3.63, 3.8) is 0 Å². The zero-order chi connectivity index (χ0) is 20.1. The second-order valence-corrected chi connectivity index (χ2v) is 7.77. The minimum absolute atomic E-state index is 0.0693. The number of aryl methyl sites for hydroxylation is 1. The molecule has 2 N–H and O–H groups in total. The van der Waals surface area contributed by atoms with Crippen LogP contribution in [-0.4, -0.2) is 38.6 Å². The first-order valence-corrected chi connectivity index (χ1v) is 10.1. The van der Waals surface area contributed by atoms with Gasteiger partial charge in [-0.3, -0.25) is 9.59 Å². The summed E-state index contributed by atoms with van der Waals surface area (Å²) in [5.74, 6) is -0.276. The first-order chi connectivity index (χ1) is 13.4. The van der Waals surface area contributed by atoms with Crippen molar-refractivity contribution in [1.29, 1.82) is 0 Å². The lowest BCUT2D eigenvalue weighted by Crippen LogP contribution is -2.34. The van der Waals surface area contributed by atoms with Crippen molar-refractivity contribution in [1.82, 2.24) is 14.5 Å². The molecule has 1 heterocycles. The maximum atomic E-state index is 12.8. The maximum absolute atomic E-state index is 12.8. The predicted molar refractivity (Wildman–Crippen MR) is 112 cm³/mol. The SMILES string of the molecule is Cn1c(SCC(=O)N(CCC(N)=O)Cc2ccccc2)nc2cc(Cl)ccc21. The number of imidazole rings is 1. The molecule has 0 bridgehead atoms. The number of rotatable bonds is 8. The third-order valence-electron chi connectivity index (χ3n) is 4.32. The van der Waals surface area contributed by atoms with Crippen molar-refractivity contribution in [2.75, 3.05) is 12.3 Å². The molecule has 0 radical (unpaired) electrons. The van der Waals surface area contributed by atoms with Gasteiger partial charge in [-0.15, -0.1) is 0 Å².